The number of hydrogen-bond donors (Lipinski definition) is 2. The molecule has 0 bridgehead atoms. The Morgan fingerprint density at radius 3 is 2.62 bits per heavy atom. The van der Waals surface area contributed by atoms with Gasteiger partial charge in [0.05, 0.1) is 18.2 Å². The van der Waals surface area contributed by atoms with Gasteiger partial charge in [0.1, 0.15) is 11.6 Å². The number of aromatic nitrogens is 4. The van der Waals surface area contributed by atoms with E-state index in [0.29, 0.717) is 33.5 Å². The third-order valence-electron chi connectivity index (χ3n) is 6.28. The van der Waals surface area contributed by atoms with Crippen LogP contribution in [0, 0.1) is 5.82 Å². The standard InChI is InChI=1S/C25H25FN6O2/c1-32-9-6-15(7-10-32)19-4-3-18(12-20(19)26)30-23-22-16(5-8-27-24(22)33)11-21(31-23)17-13-28-25(34-2)29-14-17/h3-5,8,11-15H,6-7,9-10H2,1-2H3,(H,27,33)(H,30,31). The van der Waals surface area contributed by atoms with Crippen molar-refractivity contribution in [3.05, 3.63) is 70.7 Å². The van der Waals surface area contributed by atoms with Crippen LogP contribution in [-0.2, 0) is 0 Å². The molecule has 34 heavy (non-hydrogen) atoms. The number of halogens is 1. The van der Waals surface area contributed by atoms with Crippen molar-refractivity contribution in [2.45, 2.75) is 18.8 Å². The summed E-state index contributed by atoms with van der Waals surface area (Å²) in [5.74, 6) is 0.291. The Kier molecular flexibility index (Phi) is 5.93. The van der Waals surface area contributed by atoms with Crippen LogP contribution in [0.4, 0.5) is 15.9 Å². The molecular formula is C25H25FN6O2. The number of benzene rings is 1. The molecule has 5 rings (SSSR count). The summed E-state index contributed by atoms with van der Waals surface area (Å²) in [6.07, 6.45) is 6.67. The summed E-state index contributed by atoms with van der Waals surface area (Å²) in [5.41, 5.74) is 2.21. The van der Waals surface area contributed by atoms with Crippen molar-refractivity contribution in [1.82, 2.24) is 24.8 Å². The molecule has 1 saturated heterocycles. The van der Waals surface area contributed by atoms with Gasteiger partial charge in [-0.2, -0.15) is 0 Å². The summed E-state index contributed by atoms with van der Waals surface area (Å²) in [4.78, 5) is 30.5. The Morgan fingerprint density at radius 1 is 1.15 bits per heavy atom. The van der Waals surface area contributed by atoms with E-state index in [9.17, 15) is 4.79 Å². The molecule has 0 atom stereocenters. The SMILES string of the molecule is COc1ncc(-c2cc3cc[nH]c(=O)c3c(Nc3ccc(C4CCN(C)CC4)c(F)c3)n2)cn1. The average molecular weight is 461 g/mol. The maximum absolute atomic E-state index is 15.1. The number of nitrogens with zero attached hydrogens (tertiary/aromatic N) is 4. The van der Waals surface area contributed by atoms with E-state index in [-0.39, 0.29) is 23.3 Å². The minimum atomic E-state index is -0.284. The number of fused-ring (bicyclic) bond motifs is 1. The van der Waals surface area contributed by atoms with Crippen molar-refractivity contribution in [1.29, 1.82) is 0 Å². The maximum atomic E-state index is 15.1. The highest BCUT2D eigenvalue weighted by Gasteiger charge is 2.21. The van der Waals surface area contributed by atoms with E-state index in [1.54, 1.807) is 30.7 Å². The van der Waals surface area contributed by atoms with Crippen molar-refractivity contribution < 1.29 is 9.13 Å². The second-order valence-corrected chi connectivity index (χ2v) is 8.52. The van der Waals surface area contributed by atoms with Crippen LogP contribution in [0.25, 0.3) is 22.0 Å². The molecule has 0 radical (unpaired) electrons. The van der Waals surface area contributed by atoms with Gasteiger partial charge in [0.2, 0.25) is 0 Å². The minimum Gasteiger partial charge on any atom is -0.467 e. The summed E-state index contributed by atoms with van der Waals surface area (Å²) >= 11 is 0. The molecule has 174 valence electrons. The molecular weight excluding hydrogens is 435 g/mol. The van der Waals surface area contributed by atoms with Crippen molar-refractivity contribution in [3.63, 3.8) is 0 Å². The summed E-state index contributed by atoms with van der Waals surface area (Å²) in [5, 5.41) is 4.23. The third kappa shape index (κ3) is 4.34. The molecule has 9 heteroatoms. The fraction of sp³-hybridized carbons (Fsp3) is 0.280. The van der Waals surface area contributed by atoms with Crippen LogP contribution in [0.5, 0.6) is 6.01 Å². The second kappa shape index (κ2) is 9.18. The number of nitrogens with one attached hydrogen (secondary N) is 2. The van der Waals surface area contributed by atoms with Gasteiger partial charge in [-0.1, -0.05) is 6.07 Å². The number of anilines is 2. The maximum Gasteiger partial charge on any atom is 0.316 e. The van der Waals surface area contributed by atoms with Crippen LogP contribution in [0.1, 0.15) is 24.3 Å². The largest absolute Gasteiger partial charge is 0.467 e. The highest BCUT2D eigenvalue weighted by atomic mass is 19.1. The molecule has 8 nitrogen and oxygen atoms in total. The molecule has 0 aliphatic carbocycles. The molecule has 0 saturated carbocycles. The second-order valence-electron chi connectivity index (χ2n) is 8.52. The Balaban J connectivity index is 1.51. The van der Waals surface area contributed by atoms with Gasteiger partial charge in [0.15, 0.2) is 0 Å². The molecule has 1 aromatic carbocycles. The molecule has 0 amide bonds. The van der Waals surface area contributed by atoms with Crippen molar-refractivity contribution >= 4 is 22.3 Å². The first-order valence-electron chi connectivity index (χ1n) is 11.2. The van der Waals surface area contributed by atoms with E-state index >= 15 is 4.39 Å². The van der Waals surface area contributed by atoms with Crippen molar-refractivity contribution in [3.8, 4) is 17.3 Å². The smallest absolute Gasteiger partial charge is 0.316 e. The van der Waals surface area contributed by atoms with Crippen LogP contribution in [0.15, 0.2) is 53.7 Å². The van der Waals surface area contributed by atoms with Crippen LogP contribution in [0.2, 0.25) is 0 Å². The first-order valence-corrected chi connectivity index (χ1v) is 11.2. The van der Waals surface area contributed by atoms with Crippen LogP contribution >= 0.6 is 0 Å². The number of likely N-dealkylation sites (tertiary alicyclic amines) is 1. The van der Waals surface area contributed by atoms with Gasteiger partial charge in [-0.3, -0.25) is 4.79 Å². The van der Waals surface area contributed by atoms with Gasteiger partial charge in [0.25, 0.3) is 5.56 Å². The monoisotopic (exact) mass is 460 g/mol. The van der Waals surface area contributed by atoms with Gasteiger partial charge < -0.3 is 19.9 Å². The summed E-state index contributed by atoms with van der Waals surface area (Å²) in [6, 6.07) is 8.98. The Morgan fingerprint density at radius 2 is 1.91 bits per heavy atom. The summed E-state index contributed by atoms with van der Waals surface area (Å²) < 4.78 is 20.1. The zero-order chi connectivity index (χ0) is 23.7. The van der Waals surface area contributed by atoms with E-state index in [4.69, 9.17) is 4.74 Å². The van der Waals surface area contributed by atoms with Crippen molar-refractivity contribution in [2.24, 2.45) is 0 Å². The Bertz CT molecular complexity index is 1380. The molecule has 0 unspecified atom stereocenters. The van der Waals surface area contributed by atoms with Gasteiger partial charge in [0, 0.05) is 29.8 Å². The first kappa shape index (κ1) is 22.0. The van der Waals surface area contributed by atoms with Crippen LogP contribution in [0.3, 0.4) is 0 Å². The highest BCUT2D eigenvalue weighted by Crippen LogP contribution is 2.32. The van der Waals surface area contributed by atoms with E-state index in [0.717, 1.165) is 31.5 Å². The molecule has 1 fully saturated rings. The van der Waals surface area contributed by atoms with E-state index < -0.39 is 0 Å². The minimum absolute atomic E-state index is 0.213. The van der Waals surface area contributed by atoms with Crippen LogP contribution < -0.4 is 15.6 Å². The lowest BCUT2D eigenvalue weighted by atomic mass is 9.89. The number of pyridine rings is 2. The molecule has 1 aliphatic heterocycles. The van der Waals surface area contributed by atoms with Gasteiger partial charge in [-0.15, -0.1) is 0 Å². The average Bonchev–Trinajstić information content (AvgIpc) is 2.85. The van der Waals surface area contributed by atoms with E-state index in [1.807, 2.05) is 12.1 Å². The Hall–Kier alpha value is -3.85. The van der Waals surface area contributed by atoms with Gasteiger partial charge in [-0.05, 0) is 74.1 Å². The lowest BCUT2D eigenvalue weighted by Crippen LogP contribution is -2.29. The quantitative estimate of drug-likeness (QED) is 0.463. The molecule has 0 spiro atoms. The zero-order valence-electron chi connectivity index (χ0n) is 19.0. The first-order chi connectivity index (χ1) is 16.5. The third-order valence-corrected chi connectivity index (χ3v) is 6.28. The number of hydrogen-bond acceptors (Lipinski definition) is 7. The number of methoxy groups -OCH3 is 1. The number of piperidine rings is 1. The normalized spacial score (nSPS) is 14.9. The topological polar surface area (TPSA) is 96.0 Å². The fourth-order valence-corrected chi connectivity index (χ4v) is 4.40. The van der Waals surface area contributed by atoms with E-state index in [1.165, 1.54) is 13.2 Å². The molecule has 3 aromatic heterocycles. The molecule has 4 aromatic rings. The molecule has 4 heterocycles. The fourth-order valence-electron chi connectivity index (χ4n) is 4.40. The lowest BCUT2D eigenvalue weighted by molar-refractivity contribution is 0.253. The van der Waals surface area contributed by atoms with Gasteiger partial charge >= 0.3 is 6.01 Å². The van der Waals surface area contributed by atoms with Gasteiger partial charge in [-0.25, -0.2) is 19.3 Å². The molecule has 1 aliphatic rings. The molecule has 2 N–H and O–H groups in total. The number of ether oxygens (including phenoxy) is 1. The van der Waals surface area contributed by atoms with E-state index in [2.05, 4.69) is 37.2 Å². The zero-order valence-corrected chi connectivity index (χ0v) is 19.0. The number of rotatable bonds is 5. The number of aromatic amines is 1. The summed E-state index contributed by atoms with van der Waals surface area (Å²) in [7, 11) is 3.58. The predicted molar refractivity (Wildman–Crippen MR) is 129 cm³/mol. The lowest BCUT2D eigenvalue weighted by Gasteiger charge is -2.29. The number of H-pyrrole nitrogens is 1. The highest BCUT2D eigenvalue weighted by molar-refractivity contribution is 5.95. The summed E-state index contributed by atoms with van der Waals surface area (Å²) in [6.45, 7) is 1.93. The Labute approximate surface area is 195 Å². The van der Waals surface area contributed by atoms with Crippen molar-refractivity contribution in [2.75, 3.05) is 32.6 Å². The predicted octanol–water partition coefficient (Wildman–Crippen LogP) is 4.08. The van der Waals surface area contributed by atoms with Crippen LogP contribution in [-0.4, -0.2) is 52.1 Å².